The highest BCUT2D eigenvalue weighted by Gasteiger charge is 2.23. The van der Waals surface area contributed by atoms with Gasteiger partial charge in [0.2, 0.25) is 0 Å². The van der Waals surface area contributed by atoms with Gasteiger partial charge in [0, 0.05) is 19.1 Å². The lowest BCUT2D eigenvalue weighted by Gasteiger charge is -2.30. The van der Waals surface area contributed by atoms with Gasteiger partial charge < -0.3 is 14.9 Å². The Kier molecular flexibility index (Phi) is 6.60. The highest BCUT2D eigenvalue weighted by atomic mass is 16.4. The van der Waals surface area contributed by atoms with Crippen LogP contribution < -0.4 is 0 Å². The molecule has 5 nitrogen and oxygen atoms in total. The van der Waals surface area contributed by atoms with Crippen molar-refractivity contribution in [2.75, 3.05) is 53.9 Å². The zero-order valence-corrected chi connectivity index (χ0v) is 11.9. The van der Waals surface area contributed by atoms with Crippen LogP contribution in [0.15, 0.2) is 0 Å². The monoisotopic (exact) mass is 257 g/mol. The third kappa shape index (κ3) is 5.80. The molecule has 18 heavy (non-hydrogen) atoms. The molecule has 0 spiro atoms. The molecule has 5 heteroatoms. The van der Waals surface area contributed by atoms with Crippen molar-refractivity contribution in [3.63, 3.8) is 0 Å². The molecule has 1 fully saturated rings. The summed E-state index contributed by atoms with van der Waals surface area (Å²) in [5.41, 5.74) is 0. The van der Waals surface area contributed by atoms with Gasteiger partial charge in [-0.3, -0.25) is 9.69 Å². The highest BCUT2D eigenvalue weighted by molar-refractivity contribution is 5.69. The second kappa shape index (κ2) is 7.71. The van der Waals surface area contributed by atoms with Crippen LogP contribution in [0.5, 0.6) is 0 Å². The van der Waals surface area contributed by atoms with Crippen molar-refractivity contribution in [3.8, 4) is 0 Å². The van der Waals surface area contributed by atoms with Gasteiger partial charge in [0.25, 0.3) is 0 Å². The van der Waals surface area contributed by atoms with E-state index in [0.29, 0.717) is 6.04 Å². The number of likely N-dealkylation sites (N-methyl/N-ethyl adjacent to an activating group) is 1. The molecule has 0 aliphatic carbocycles. The van der Waals surface area contributed by atoms with E-state index in [0.717, 1.165) is 39.0 Å². The molecule has 1 heterocycles. The molecule has 1 aliphatic heterocycles. The zero-order chi connectivity index (χ0) is 13.5. The average molecular weight is 257 g/mol. The Morgan fingerprint density at radius 3 is 2.61 bits per heavy atom. The summed E-state index contributed by atoms with van der Waals surface area (Å²) in [5.74, 6) is -0.716. The summed E-state index contributed by atoms with van der Waals surface area (Å²) in [5, 5.41) is 9.04. The summed E-state index contributed by atoms with van der Waals surface area (Å²) in [6.45, 7) is 4.13. The van der Waals surface area contributed by atoms with Crippen LogP contribution in [0.4, 0.5) is 0 Å². The number of carboxylic acid groups (broad SMARTS) is 1. The number of carbonyl (C=O) groups is 1. The largest absolute Gasteiger partial charge is 0.480 e. The second-order valence-electron chi connectivity index (χ2n) is 5.56. The Labute approximate surface area is 110 Å². The van der Waals surface area contributed by atoms with E-state index >= 15 is 0 Å². The number of likely N-dealkylation sites (tertiary alicyclic amines) is 1. The summed E-state index contributed by atoms with van der Waals surface area (Å²) < 4.78 is 0. The third-order valence-corrected chi connectivity index (χ3v) is 3.61. The fourth-order valence-electron chi connectivity index (χ4n) is 2.48. The lowest BCUT2D eigenvalue weighted by molar-refractivity contribution is -0.139. The van der Waals surface area contributed by atoms with Gasteiger partial charge in [-0.1, -0.05) is 0 Å². The van der Waals surface area contributed by atoms with Gasteiger partial charge in [0.15, 0.2) is 0 Å². The molecule has 0 aromatic rings. The molecule has 1 rings (SSSR count). The van der Waals surface area contributed by atoms with Crippen molar-refractivity contribution >= 4 is 5.97 Å². The Morgan fingerprint density at radius 2 is 2.00 bits per heavy atom. The summed E-state index contributed by atoms with van der Waals surface area (Å²) in [6.07, 6.45) is 3.36. The second-order valence-corrected chi connectivity index (χ2v) is 5.56. The molecule has 106 valence electrons. The van der Waals surface area contributed by atoms with Crippen molar-refractivity contribution in [2.24, 2.45) is 0 Å². The number of nitrogens with zero attached hydrogens (tertiary/aromatic N) is 3. The molecule has 0 aromatic carbocycles. The summed E-state index contributed by atoms with van der Waals surface area (Å²) in [4.78, 5) is 17.6. The number of rotatable bonds is 6. The molecule has 0 radical (unpaired) electrons. The molecule has 0 saturated carbocycles. The standard InChI is InChI=1S/C13H27N3O2/c1-14(2)9-10-16(11-13(17)18)12-5-4-7-15(3)8-6-12/h12H,4-11H2,1-3H3,(H,17,18). The van der Waals surface area contributed by atoms with E-state index < -0.39 is 5.97 Å². The minimum Gasteiger partial charge on any atom is -0.480 e. The van der Waals surface area contributed by atoms with E-state index in [9.17, 15) is 4.79 Å². The molecule has 0 aromatic heterocycles. The van der Waals surface area contributed by atoms with Crippen molar-refractivity contribution in [3.05, 3.63) is 0 Å². The number of carboxylic acids is 1. The van der Waals surface area contributed by atoms with Crippen molar-refractivity contribution in [1.82, 2.24) is 14.7 Å². The van der Waals surface area contributed by atoms with Gasteiger partial charge >= 0.3 is 5.97 Å². The first-order valence-electron chi connectivity index (χ1n) is 6.78. The molecule has 0 amide bonds. The van der Waals surface area contributed by atoms with Crippen molar-refractivity contribution in [1.29, 1.82) is 0 Å². The lowest BCUT2D eigenvalue weighted by Crippen LogP contribution is -2.43. The number of aliphatic carboxylic acids is 1. The molecule has 1 atom stereocenters. The lowest BCUT2D eigenvalue weighted by atomic mass is 10.1. The topological polar surface area (TPSA) is 47.0 Å². The van der Waals surface area contributed by atoms with E-state index in [2.05, 4.69) is 21.7 Å². The fourth-order valence-corrected chi connectivity index (χ4v) is 2.48. The Balaban J connectivity index is 2.53. The van der Waals surface area contributed by atoms with Gasteiger partial charge in [-0.25, -0.2) is 0 Å². The maximum atomic E-state index is 11.0. The molecule has 1 unspecified atom stereocenters. The smallest absolute Gasteiger partial charge is 0.317 e. The Hall–Kier alpha value is -0.650. The van der Waals surface area contributed by atoms with Gasteiger partial charge in [-0.05, 0) is 53.5 Å². The van der Waals surface area contributed by atoms with Gasteiger partial charge in [-0.2, -0.15) is 0 Å². The van der Waals surface area contributed by atoms with E-state index in [-0.39, 0.29) is 6.54 Å². The molecule has 0 bridgehead atoms. The molecule has 1 aliphatic rings. The van der Waals surface area contributed by atoms with Crippen LogP contribution in [0.25, 0.3) is 0 Å². The number of hydrogen-bond donors (Lipinski definition) is 1. The van der Waals surface area contributed by atoms with Crippen LogP contribution in [-0.4, -0.2) is 85.7 Å². The van der Waals surface area contributed by atoms with E-state index in [1.165, 1.54) is 6.42 Å². The Morgan fingerprint density at radius 1 is 1.28 bits per heavy atom. The van der Waals surface area contributed by atoms with Crippen LogP contribution in [0.2, 0.25) is 0 Å². The molecular formula is C13H27N3O2. The quantitative estimate of drug-likeness (QED) is 0.747. The SMILES string of the molecule is CN(C)CCN(CC(=O)O)C1CCCN(C)CC1. The van der Waals surface area contributed by atoms with Crippen LogP contribution in [0.3, 0.4) is 0 Å². The first-order valence-corrected chi connectivity index (χ1v) is 6.78. The molecule has 1 saturated heterocycles. The van der Waals surface area contributed by atoms with Gasteiger partial charge in [0.1, 0.15) is 0 Å². The first-order chi connectivity index (χ1) is 8.49. The minimum absolute atomic E-state index is 0.169. The van der Waals surface area contributed by atoms with E-state index in [1.807, 2.05) is 14.1 Å². The zero-order valence-electron chi connectivity index (χ0n) is 11.9. The van der Waals surface area contributed by atoms with Crippen LogP contribution in [0, 0.1) is 0 Å². The van der Waals surface area contributed by atoms with Crippen LogP contribution >= 0.6 is 0 Å². The first kappa shape index (κ1) is 15.4. The van der Waals surface area contributed by atoms with E-state index in [1.54, 1.807) is 0 Å². The van der Waals surface area contributed by atoms with Crippen LogP contribution in [0.1, 0.15) is 19.3 Å². The Bertz CT molecular complexity index is 259. The molecule has 1 N–H and O–H groups in total. The fraction of sp³-hybridized carbons (Fsp3) is 0.923. The average Bonchev–Trinajstić information content (AvgIpc) is 2.48. The minimum atomic E-state index is -0.716. The normalized spacial score (nSPS) is 22.4. The maximum Gasteiger partial charge on any atom is 0.317 e. The predicted octanol–water partition coefficient (Wildman–Crippen LogP) is 0.419. The maximum absolute atomic E-state index is 11.0. The summed E-state index contributed by atoms with van der Waals surface area (Å²) >= 11 is 0. The highest BCUT2D eigenvalue weighted by Crippen LogP contribution is 2.16. The van der Waals surface area contributed by atoms with Crippen molar-refractivity contribution < 1.29 is 9.90 Å². The van der Waals surface area contributed by atoms with Crippen molar-refractivity contribution in [2.45, 2.75) is 25.3 Å². The summed E-state index contributed by atoms with van der Waals surface area (Å²) in [6, 6.07) is 0.422. The van der Waals surface area contributed by atoms with E-state index in [4.69, 9.17) is 5.11 Å². The molecular weight excluding hydrogens is 230 g/mol. The summed E-state index contributed by atoms with van der Waals surface area (Å²) in [7, 11) is 6.20. The van der Waals surface area contributed by atoms with Crippen LogP contribution in [-0.2, 0) is 4.79 Å². The van der Waals surface area contributed by atoms with Gasteiger partial charge in [0.05, 0.1) is 6.54 Å². The van der Waals surface area contributed by atoms with Gasteiger partial charge in [-0.15, -0.1) is 0 Å². The number of hydrogen-bond acceptors (Lipinski definition) is 4. The third-order valence-electron chi connectivity index (χ3n) is 3.61. The predicted molar refractivity (Wildman–Crippen MR) is 72.9 cm³/mol.